The number of ether oxygens (including phenoxy) is 2. The summed E-state index contributed by atoms with van der Waals surface area (Å²) in [5.41, 5.74) is 0.213. The fraction of sp³-hybridized carbons (Fsp3) is 0.154. The van der Waals surface area contributed by atoms with Gasteiger partial charge in [0.1, 0.15) is 5.69 Å². The van der Waals surface area contributed by atoms with E-state index in [0.29, 0.717) is 17.1 Å². The number of hydrogen-bond donors (Lipinski definition) is 3. The summed E-state index contributed by atoms with van der Waals surface area (Å²) in [4.78, 5) is 22.8. The van der Waals surface area contributed by atoms with Crippen molar-refractivity contribution in [2.24, 2.45) is 0 Å². The predicted octanol–water partition coefficient (Wildman–Crippen LogP) is 1.38. The molecule has 2 aromatic rings. The summed E-state index contributed by atoms with van der Waals surface area (Å²) in [7, 11) is 2.96. The Bertz CT molecular complexity index is 680. The van der Waals surface area contributed by atoms with Gasteiger partial charge in [-0.2, -0.15) is 5.10 Å². The van der Waals surface area contributed by atoms with Gasteiger partial charge in [0, 0.05) is 11.6 Å². The minimum absolute atomic E-state index is 0.113. The maximum atomic E-state index is 12.1. The second-order valence-corrected chi connectivity index (χ2v) is 4.00. The summed E-state index contributed by atoms with van der Waals surface area (Å²) in [6.45, 7) is 0. The summed E-state index contributed by atoms with van der Waals surface area (Å²) in [6.07, 6.45) is 0. The molecule has 0 bridgehead atoms. The van der Waals surface area contributed by atoms with Gasteiger partial charge in [-0.25, -0.2) is 4.79 Å². The summed E-state index contributed by atoms with van der Waals surface area (Å²) >= 11 is 0. The topological polar surface area (TPSA) is 114 Å². The van der Waals surface area contributed by atoms with Crippen molar-refractivity contribution in [2.45, 2.75) is 0 Å². The molecule has 0 fully saturated rings. The molecule has 0 saturated heterocycles. The van der Waals surface area contributed by atoms with Crippen LogP contribution >= 0.6 is 0 Å². The van der Waals surface area contributed by atoms with Crippen LogP contribution in [0.2, 0.25) is 0 Å². The number of aromatic amines is 1. The number of aromatic carboxylic acids is 1. The Morgan fingerprint density at radius 2 is 1.90 bits per heavy atom. The average molecular weight is 291 g/mol. The molecule has 21 heavy (non-hydrogen) atoms. The molecule has 1 aromatic heterocycles. The van der Waals surface area contributed by atoms with Gasteiger partial charge >= 0.3 is 5.97 Å². The number of carboxylic acid groups (broad SMARTS) is 1. The van der Waals surface area contributed by atoms with Crippen molar-refractivity contribution in [1.29, 1.82) is 0 Å². The zero-order valence-electron chi connectivity index (χ0n) is 11.3. The average Bonchev–Trinajstić information content (AvgIpc) is 2.95. The molecule has 0 unspecified atom stereocenters. The van der Waals surface area contributed by atoms with Crippen molar-refractivity contribution in [3.05, 3.63) is 35.5 Å². The number of H-pyrrole nitrogens is 1. The van der Waals surface area contributed by atoms with Gasteiger partial charge in [-0.05, 0) is 18.2 Å². The van der Waals surface area contributed by atoms with Crippen LogP contribution in [0.25, 0.3) is 0 Å². The number of rotatable bonds is 5. The van der Waals surface area contributed by atoms with Crippen LogP contribution in [-0.4, -0.2) is 41.4 Å². The monoisotopic (exact) mass is 291 g/mol. The number of anilines is 1. The van der Waals surface area contributed by atoms with E-state index in [-0.39, 0.29) is 11.5 Å². The minimum atomic E-state index is -1.16. The number of carbonyl (C=O) groups is 2. The second-order valence-electron chi connectivity index (χ2n) is 4.00. The standard InChI is InChI=1S/C13H13N3O5/c1-20-9-4-3-7(5-10(9)21-2)12(17)14-11-6-8(13(18)19)15-16-11/h3-6H,1-2H3,(H,18,19)(H2,14,15,16,17). The van der Waals surface area contributed by atoms with Gasteiger partial charge in [-0.3, -0.25) is 9.89 Å². The van der Waals surface area contributed by atoms with E-state index >= 15 is 0 Å². The minimum Gasteiger partial charge on any atom is -0.493 e. The van der Waals surface area contributed by atoms with Crippen LogP contribution in [0, 0.1) is 0 Å². The quantitative estimate of drug-likeness (QED) is 0.766. The number of nitrogens with zero attached hydrogens (tertiary/aromatic N) is 1. The van der Waals surface area contributed by atoms with Gasteiger partial charge < -0.3 is 19.9 Å². The van der Waals surface area contributed by atoms with Crippen molar-refractivity contribution >= 4 is 17.7 Å². The third-order valence-electron chi connectivity index (χ3n) is 2.70. The largest absolute Gasteiger partial charge is 0.493 e. The van der Waals surface area contributed by atoms with Gasteiger partial charge in [-0.1, -0.05) is 0 Å². The van der Waals surface area contributed by atoms with Crippen molar-refractivity contribution in [3.8, 4) is 11.5 Å². The van der Waals surface area contributed by atoms with E-state index in [0.717, 1.165) is 0 Å². The normalized spacial score (nSPS) is 10.0. The summed E-state index contributed by atoms with van der Waals surface area (Å²) in [5.74, 6) is -0.568. The highest BCUT2D eigenvalue weighted by molar-refractivity contribution is 6.04. The molecule has 2 rings (SSSR count). The number of methoxy groups -OCH3 is 2. The lowest BCUT2D eigenvalue weighted by Crippen LogP contribution is -2.12. The molecule has 0 aliphatic carbocycles. The maximum Gasteiger partial charge on any atom is 0.353 e. The molecule has 1 aromatic carbocycles. The molecule has 8 heteroatoms. The fourth-order valence-electron chi connectivity index (χ4n) is 1.66. The van der Waals surface area contributed by atoms with E-state index in [2.05, 4.69) is 15.5 Å². The highest BCUT2D eigenvalue weighted by atomic mass is 16.5. The Balaban J connectivity index is 2.17. The molecule has 1 heterocycles. The summed E-state index contributed by atoms with van der Waals surface area (Å²) in [6, 6.07) is 5.89. The Hall–Kier alpha value is -3.03. The van der Waals surface area contributed by atoms with Crippen LogP contribution in [-0.2, 0) is 0 Å². The summed E-state index contributed by atoms with van der Waals surface area (Å²) < 4.78 is 10.2. The second kappa shape index (κ2) is 5.95. The first-order valence-electron chi connectivity index (χ1n) is 5.87. The maximum absolute atomic E-state index is 12.1. The zero-order chi connectivity index (χ0) is 15.4. The SMILES string of the molecule is COc1ccc(C(=O)Nc2cc(C(=O)O)[nH]n2)cc1OC. The Morgan fingerprint density at radius 3 is 2.48 bits per heavy atom. The zero-order valence-corrected chi connectivity index (χ0v) is 11.3. The predicted molar refractivity (Wildman–Crippen MR) is 73.0 cm³/mol. The molecule has 0 radical (unpaired) electrons. The van der Waals surface area contributed by atoms with Crippen molar-refractivity contribution in [3.63, 3.8) is 0 Å². The number of benzene rings is 1. The molecular formula is C13H13N3O5. The fourth-order valence-corrected chi connectivity index (χ4v) is 1.66. The van der Waals surface area contributed by atoms with Gasteiger partial charge in [0.05, 0.1) is 14.2 Å². The molecular weight excluding hydrogens is 278 g/mol. The lowest BCUT2D eigenvalue weighted by molar-refractivity contribution is 0.0690. The number of aromatic nitrogens is 2. The Labute approximate surface area is 119 Å². The Morgan fingerprint density at radius 1 is 1.19 bits per heavy atom. The first-order valence-corrected chi connectivity index (χ1v) is 5.87. The molecule has 0 aliphatic heterocycles. The van der Waals surface area contributed by atoms with Crippen LogP contribution < -0.4 is 14.8 Å². The van der Waals surface area contributed by atoms with E-state index in [1.54, 1.807) is 12.1 Å². The molecule has 0 aliphatic rings. The molecule has 0 spiro atoms. The lowest BCUT2D eigenvalue weighted by atomic mass is 10.2. The third kappa shape index (κ3) is 3.11. The highest BCUT2D eigenvalue weighted by Crippen LogP contribution is 2.27. The van der Waals surface area contributed by atoms with E-state index in [1.807, 2.05) is 0 Å². The van der Waals surface area contributed by atoms with Crippen molar-refractivity contribution in [2.75, 3.05) is 19.5 Å². The number of hydrogen-bond acceptors (Lipinski definition) is 5. The molecule has 1 amide bonds. The first kappa shape index (κ1) is 14.4. The van der Waals surface area contributed by atoms with Crippen LogP contribution in [0.1, 0.15) is 20.8 Å². The molecule has 0 saturated carbocycles. The van der Waals surface area contributed by atoms with Gasteiger partial charge in [0.2, 0.25) is 0 Å². The number of carboxylic acids is 1. The van der Waals surface area contributed by atoms with Crippen LogP contribution in [0.4, 0.5) is 5.82 Å². The molecule has 0 atom stereocenters. The Kier molecular flexibility index (Phi) is 4.07. The van der Waals surface area contributed by atoms with E-state index in [1.165, 1.54) is 26.4 Å². The van der Waals surface area contributed by atoms with E-state index in [9.17, 15) is 9.59 Å². The van der Waals surface area contributed by atoms with Crippen LogP contribution in [0.5, 0.6) is 11.5 Å². The highest BCUT2D eigenvalue weighted by Gasteiger charge is 2.13. The van der Waals surface area contributed by atoms with Gasteiger partial charge in [0.15, 0.2) is 17.3 Å². The number of carbonyl (C=O) groups excluding carboxylic acids is 1. The van der Waals surface area contributed by atoms with Crippen molar-refractivity contribution in [1.82, 2.24) is 10.2 Å². The van der Waals surface area contributed by atoms with Gasteiger partial charge in [0.25, 0.3) is 5.91 Å². The number of nitrogens with one attached hydrogen (secondary N) is 2. The first-order chi connectivity index (χ1) is 10.0. The van der Waals surface area contributed by atoms with Crippen LogP contribution in [0.15, 0.2) is 24.3 Å². The molecule has 3 N–H and O–H groups in total. The number of amides is 1. The summed E-state index contributed by atoms with van der Waals surface area (Å²) in [5, 5.41) is 17.2. The molecule has 110 valence electrons. The van der Waals surface area contributed by atoms with Crippen LogP contribution in [0.3, 0.4) is 0 Å². The third-order valence-corrected chi connectivity index (χ3v) is 2.70. The van der Waals surface area contributed by atoms with E-state index < -0.39 is 11.9 Å². The molecule has 8 nitrogen and oxygen atoms in total. The smallest absolute Gasteiger partial charge is 0.353 e. The van der Waals surface area contributed by atoms with Crippen molar-refractivity contribution < 1.29 is 24.2 Å². The van der Waals surface area contributed by atoms with Gasteiger partial charge in [-0.15, -0.1) is 0 Å². The van der Waals surface area contributed by atoms with E-state index in [4.69, 9.17) is 14.6 Å². The lowest BCUT2D eigenvalue weighted by Gasteiger charge is -2.09.